The van der Waals surface area contributed by atoms with Gasteiger partial charge in [0.25, 0.3) is 0 Å². The Morgan fingerprint density at radius 3 is 2.64 bits per heavy atom. The summed E-state index contributed by atoms with van der Waals surface area (Å²) in [6.45, 7) is 3.65. The number of nitrogens with zero attached hydrogens (tertiary/aromatic N) is 2. The summed E-state index contributed by atoms with van der Waals surface area (Å²) in [5.41, 5.74) is 3.46. The first kappa shape index (κ1) is 18.2. The van der Waals surface area contributed by atoms with Crippen molar-refractivity contribution in [1.82, 2.24) is 15.2 Å². The number of carbonyl (C=O) groups excluding carboxylic acids is 1. The van der Waals surface area contributed by atoms with Gasteiger partial charge in [0.05, 0.1) is 12.8 Å². The van der Waals surface area contributed by atoms with Crippen molar-refractivity contribution in [3.05, 3.63) is 60.3 Å². The number of methoxy groups -OCH3 is 1. The number of carbonyl (C=O) groups is 1. The van der Waals surface area contributed by atoms with Crippen molar-refractivity contribution >= 4 is 22.6 Å². The number of nitrogens with one attached hydrogen (secondary N) is 2. The van der Waals surface area contributed by atoms with Crippen LogP contribution < -0.4 is 15.0 Å². The number of hydrogen-bond donors (Lipinski definition) is 2. The highest BCUT2D eigenvalue weighted by molar-refractivity contribution is 5.83. The number of benzene rings is 2. The molecule has 2 N–H and O–H groups in total. The van der Waals surface area contributed by atoms with Gasteiger partial charge in [-0.15, -0.1) is 0 Å². The van der Waals surface area contributed by atoms with Crippen LogP contribution >= 0.6 is 0 Å². The number of urea groups is 1. The van der Waals surface area contributed by atoms with E-state index in [4.69, 9.17) is 4.74 Å². The molecule has 0 aliphatic carbocycles. The SMILES string of the molecule is COc1ccccc1N1CCN(C(=O)NCCc2c[nH]c3ccccc23)CC1. The topological polar surface area (TPSA) is 60.6 Å². The van der Waals surface area contributed by atoms with E-state index in [1.807, 2.05) is 41.4 Å². The fraction of sp³-hybridized carbons (Fsp3) is 0.318. The predicted molar refractivity (Wildman–Crippen MR) is 112 cm³/mol. The summed E-state index contributed by atoms with van der Waals surface area (Å²) in [6.07, 6.45) is 2.85. The number of aromatic nitrogens is 1. The van der Waals surface area contributed by atoms with E-state index in [2.05, 4.69) is 33.4 Å². The van der Waals surface area contributed by atoms with Gasteiger partial charge in [-0.25, -0.2) is 4.79 Å². The smallest absolute Gasteiger partial charge is 0.317 e. The minimum atomic E-state index is 0.0134. The number of ether oxygens (including phenoxy) is 1. The molecule has 0 radical (unpaired) electrons. The lowest BCUT2D eigenvalue weighted by molar-refractivity contribution is 0.194. The summed E-state index contributed by atoms with van der Waals surface area (Å²) in [5, 5.41) is 4.29. The van der Waals surface area contributed by atoms with Crippen LogP contribution in [0.1, 0.15) is 5.56 Å². The Labute approximate surface area is 165 Å². The van der Waals surface area contributed by atoms with Gasteiger partial charge in [0.2, 0.25) is 0 Å². The maximum atomic E-state index is 12.5. The van der Waals surface area contributed by atoms with E-state index in [0.29, 0.717) is 19.6 Å². The average Bonchev–Trinajstić information content (AvgIpc) is 3.17. The number of hydrogen-bond acceptors (Lipinski definition) is 3. The van der Waals surface area contributed by atoms with Crippen LogP contribution in [0.2, 0.25) is 0 Å². The third kappa shape index (κ3) is 3.76. The van der Waals surface area contributed by atoms with Crippen molar-refractivity contribution in [3.63, 3.8) is 0 Å². The van der Waals surface area contributed by atoms with Gasteiger partial charge in [-0.3, -0.25) is 0 Å². The molecule has 2 heterocycles. The van der Waals surface area contributed by atoms with E-state index < -0.39 is 0 Å². The zero-order valence-electron chi connectivity index (χ0n) is 16.1. The van der Waals surface area contributed by atoms with Crippen molar-refractivity contribution in [3.8, 4) is 5.75 Å². The molecule has 1 fully saturated rings. The molecular formula is C22H26N4O2. The zero-order chi connectivity index (χ0) is 19.3. The molecular weight excluding hydrogens is 352 g/mol. The fourth-order valence-electron chi connectivity index (χ4n) is 3.80. The van der Waals surface area contributed by atoms with Crippen molar-refractivity contribution in [2.75, 3.05) is 44.7 Å². The molecule has 3 aromatic rings. The van der Waals surface area contributed by atoms with Crippen LogP contribution in [-0.4, -0.2) is 55.7 Å². The lowest BCUT2D eigenvalue weighted by Crippen LogP contribution is -2.52. The van der Waals surface area contributed by atoms with Crippen LogP contribution in [0.3, 0.4) is 0 Å². The van der Waals surface area contributed by atoms with Crippen molar-refractivity contribution in [2.24, 2.45) is 0 Å². The van der Waals surface area contributed by atoms with Gasteiger partial charge in [0.1, 0.15) is 5.75 Å². The molecule has 4 rings (SSSR count). The monoisotopic (exact) mass is 378 g/mol. The highest BCUT2D eigenvalue weighted by atomic mass is 16.5. The molecule has 6 heteroatoms. The molecule has 1 saturated heterocycles. The minimum absolute atomic E-state index is 0.0134. The largest absolute Gasteiger partial charge is 0.495 e. The molecule has 0 saturated carbocycles. The van der Waals surface area contributed by atoms with Crippen LogP contribution in [0.5, 0.6) is 5.75 Å². The molecule has 0 unspecified atom stereocenters. The Bertz CT molecular complexity index is 944. The van der Waals surface area contributed by atoms with E-state index in [0.717, 1.165) is 36.5 Å². The highest BCUT2D eigenvalue weighted by Gasteiger charge is 2.22. The second-order valence-corrected chi connectivity index (χ2v) is 6.99. The van der Waals surface area contributed by atoms with Gasteiger partial charge in [-0.1, -0.05) is 30.3 Å². The number of anilines is 1. The molecule has 28 heavy (non-hydrogen) atoms. The van der Waals surface area contributed by atoms with Gasteiger partial charge in [0, 0.05) is 49.8 Å². The van der Waals surface area contributed by atoms with Crippen molar-refractivity contribution < 1.29 is 9.53 Å². The summed E-state index contributed by atoms with van der Waals surface area (Å²) in [6, 6.07) is 16.3. The highest BCUT2D eigenvalue weighted by Crippen LogP contribution is 2.28. The Kier molecular flexibility index (Phi) is 5.37. The zero-order valence-corrected chi connectivity index (χ0v) is 16.1. The molecule has 0 bridgehead atoms. The van der Waals surface area contributed by atoms with Gasteiger partial charge in [0.15, 0.2) is 0 Å². The first-order valence-corrected chi connectivity index (χ1v) is 9.72. The number of piperazine rings is 1. The summed E-state index contributed by atoms with van der Waals surface area (Å²) in [5.74, 6) is 0.874. The maximum absolute atomic E-state index is 12.5. The standard InChI is InChI=1S/C22H26N4O2/c1-28-21-9-5-4-8-20(21)25-12-14-26(15-13-25)22(27)23-11-10-17-16-24-19-7-3-2-6-18(17)19/h2-9,16,24H,10-15H2,1H3,(H,23,27). The van der Waals surface area contributed by atoms with E-state index >= 15 is 0 Å². The number of aromatic amines is 1. The number of para-hydroxylation sites is 3. The molecule has 146 valence electrons. The number of rotatable bonds is 5. The fourth-order valence-corrected chi connectivity index (χ4v) is 3.80. The average molecular weight is 378 g/mol. The van der Waals surface area contributed by atoms with Crippen LogP contribution in [-0.2, 0) is 6.42 Å². The van der Waals surface area contributed by atoms with E-state index in [1.165, 1.54) is 10.9 Å². The molecule has 2 aromatic carbocycles. The van der Waals surface area contributed by atoms with Crippen LogP contribution in [0.15, 0.2) is 54.7 Å². The minimum Gasteiger partial charge on any atom is -0.495 e. The summed E-state index contributed by atoms with van der Waals surface area (Å²) >= 11 is 0. The third-order valence-corrected chi connectivity index (χ3v) is 5.34. The first-order chi connectivity index (χ1) is 13.8. The molecule has 2 amide bonds. The Hall–Kier alpha value is -3.15. The lowest BCUT2D eigenvalue weighted by atomic mass is 10.1. The second kappa shape index (κ2) is 8.25. The van der Waals surface area contributed by atoms with Gasteiger partial charge in [-0.05, 0) is 30.2 Å². The normalized spacial score (nSPS) is 14.3. The van der Waals surface area contributed by atoms with E-state index in [9.17, 15) is 4.79 Å². The Morgan fingerprint density at radius 2 is 1.82 bits per heavy atom. The van der Waals surface area contributed by atoms with Crippen molar-refractivity contribution in [1.29, 1.82) is 0 Å². The van der Waals surface area contributed by atoms with Gasteiger partial charge < -0.3 is 24.8 Å². The lowest BCUT2D eigenvalue weighted by Gasteiger charge is -2.36. The second-order valence-electron chi connectivity index (χ2n) is 6.99. The third-order valence-electron chi connectivity index (χ3n) is 5.34. The molecule has 0 atom stereocenters. The molecule has 1 aliphatic rings. The first-order valence-electron chi connectivity index (χ1n) is 9.72. The van der Waals surface area contributed by atoms with Gasteiger partial charge >= 0.3 is 6.03 Å². The van der Waals surface area contributed by atoms with Crippen molar-refractivity contribution in [2.45, 2.75) is 6.42 Å². The summed E-state index contributed by atoms with van der Waals surface area (Å²) < 4.78 is 5.45. The van der Waals surface area contributed by atoms with E-state index in [-0.39, 0.29) is 6.03 Å². The number of H-pyrrole nitrogens is 1. The van der Waals surface area contributed by atoms with Crippen LogP contribution in [0.25, 0.3) is 10.9 Å². The maximum Gasteiger partial charge on any atom is 0.317 e. The number of amides is 2. The molecule has 0 spiro atoms. The molecule has 1 aromatic heterocycles. The molecule has 6 nitrogen and oxygen atoms in total. The van der Waals surface area contributed by atoms with E-state index in [1.54, 1.807) is 7.11 Å². The Morgan fingerprint density at radius 1 is 1.07 bits per heavy atom. The predicted octanol–water partition coefficient (Wildman–Crippen LogP) is 3.25. The summed E-state index contributed by atoms with van der Waals surface area (Å²) in [4.78, 5) is 20.0. The van der Waals surface area contributed by atoms with Crippen LogP contribution in [0, 0.1) is 0 Å². The molecule has 1 aliphatic heterocycles. The van der Waals surface area contributed by atoms with Crippen LogP contribution in [0.4, 0.5) is 10.5 Å². The Balaban J connectivity index is 1.27. The van der Waals surface area contributed by atoms with Gasteiger partial charge in [-0.2, -0.15) is 0 Å². The summed E-state index contributed by atoms with van der Waals surface area (Å²) in [7, 11) is 1.69. The quantitative estimate of drug-likeness (QED) is 0.716. The number of fused-ring (bicyclic) bond motifs is 1.